The van der Waals surface area contributed by atoms with Crippen molar-refractivity contribution in [2.24, 2.45) is 0 Å². The Morgan fingerprint density at radius 2 is 1.76 bits per heavy atom. The van der Waals surface area contributed by atoms with Gasteiger partial charge in [0.25, 0.3) is 0 Å². The van der Waals surface area contributed by atoms with Crippen LogP contribution in [0.3, 0.4) is 0 Å². The van der Waals surface area contributed by atoms with Crippen molar-refractivity contribution in [3.63, 3.8) is 0 Å². The second kappa shape index (κ2) is 10.5. The third kappa shape index (κ3) is 6.97. The zero-order valence-electron chi connectivity index (χ0n) is 17.2. The first-order valence-corrected chi connectivity index (χ1v) is 12.2. The zero-order chi connectivity index (χ0) is 21.4. The van der Waals surface area contributed by atoms with Crippen LogP contribution in [0.4, 0.5) is 5.69 Å². The Morgan fingerprint density at radius 1 is 1.14 bits per heavy atom. The molecule has 1 N–H and O–H groups in total. The Bertz CT molecular complexity index is 897. The van der Waals surface area contributed by atoms with Gasteiger partial charge in [-0.1, -0.05) is 17.7 Å². The van der Waals surface area contributed by atoms with Crippen LogP contribution in [-0.4, -0.2) is 45.5 Å². The van der Waals surface area contributed by atoms with Gasteiger partial charge in [0, 0.05) is 17.2 Å². The van der Waals surface area contributed by atoms with Crippen LogP contribution in [0.1, 0.15) is 19.4 Å². The summed E-state index contributed by atoms with van der Waals surface area (Å²) in [6.07, 6.45) is 1.10. The Morgan fingerprint density at radius 3 is 2.31 bits per heavy atom. The molecule has 1 atom stereocenters. The molecule has 0 aliphatic heterocycles. The molecule has 0 aromatic heterocycles. The molecule has 29 heavy (non-hydrogen) atoms. The summed E-state index contributed by atoms with van der Waals surface area (Å²) < 4.78 is 31.2. The fourth-order valence-electron chi connectivity index (χ4n) is 2.79. The highest BCUT2D eigenvalue weighted by molar-refractivity contribution is 7.99. The number of hydrogen-bond acceptors (Lipinski definition) is 5. The van der Waals surface area contributed by atoms with Gasteiger partial charge in [-0.05, 0) is 57.2 Å². The molecule has 0 radical (unpaired) electrons. The molecule has 1 amide bonds. The maximum Gasteiger partial charge on any atom is 0.243 e. The molecule has 2 aromatic rings. The van der Waals surface area contributed by atoms with Crippen LogP contribution in [0.25, 0.3) is 0 Å². The third-order valence-corrected chi connectivity index (χ3v) is 6.44. The van der Waals surface area contributed by atoms with Crippen LogP contribution in [0.5, 0.6) is 5.75 Å². The van der Waals surface area contributed by atoms with Gasteiger partial charge in [-0.3, -0.25) is 9.10 Å². The van der Waals surface area contributed by atoms with E-state index in [9.17, 15) is 13.2 Å². The number of anilines is 1. The smallest absolute Gasteiger partial charge is 0.243 e. The maximum atomic E-state index is 12.6. The molecule has 0 fully saturated rings. The molecule has 6 nitrogen and oxygen atoms in total. The molecular formula is C21H28N2O4S2. The third-order valence-electron chi connectivity index (χ3n) is 4.18. The van der Waals surface area contributed by atoms with Crippen molar-refractivity contribution in [2.75, 3.05) is 29.5 Å². The lowest BCUT2D eigenvalue weighted by Crippen LogP contribution is -2.48. The fourth-order valence-corrected chi connectivity index (χ4v) is 4.73. The van der Waals surface area contributed by atoms with Gasteiger partial charge in [-0.2, -0.15) is 0 Å². The fraction of sp³-hybridized carbons (Fsp3) is 0.381. The number of thioether (sulfide) groups is 1. The highest BCUT2D eigenvalue weighted by Gasteiger charge is 2.28. The predicted molar refractivity (Wildman–Crippen MR) is 119 cm³/mol. The normalized spacial score (nSPS) is 12.3. The first-order valence-electron chi connectivity index (χ1n) is 9.42. The molecular weight excluding hydrogens is 408 g/mol. The lowest BCUT2D eigenvalue weighted by atomic mass is 10.2. The molecule has 2 rings (SSSR count). The van der Waals surface area contributed by atoms with E-state index in [0.29, 0.717) is 30.3 Å². The zero-order valence-corrected chi connectivity index (χ0v) is 18.8. The average molecular weight is 437 g/mol. The molecule has 0 aliphatic carbocycles. The average Bonchev–Trinajstić information content (AvgIpc) is 2.67. The number of nitrogens with one attached hydrogen (secondary N) is 1. The minimum absolute atomic E-state index is 0.339. The Labute approximate surface area is 177 Å². The maximum absolute atomic E-state index is 12.6. The van der Waals surface area contributed by atoms with Gasteiger partial charge in [0.15, 0.2) is 0 Å². The highest BCUT2D eigenvalue weighted by atomic mass is 32.2. The summed E-state index contributed by atoms with van der Waals surface area (Å²) in [5, 5.41) is 2.83. The van der Waals surface area contributed by atoms with E-state index in [1.54, 1.807) is 43.0 Å². The number of benzene rings is 2. The number of ether oxygens (including phenoxy) is 1. The first-order chi connectivity index (χ1) is 13.7. The van der Waals surface area contributed by atoms with E-state index in [4.69, 9.17) is 4.74 Å². The monoisotopic (exact) mass is 436 g/mol. The number of carbonyl (C=O) groups excluding carboxylic acids is 1. The van der Waals surface area contributed by atoms with E-state index < -0.39 is 16.1 Å². The van der Waals surface area contributed by atoms with Crippen molar-refractivity contribution >= 4 is 33.4 Å². The molecule has 158 valence electrons. The minimum atomic E-state index is -3.64. The van der Waals surface area contributed by atoms with E-state index in [0.717, 1.165) is 15.5 Å². The van der Waals surface area contributed by atoms with Crippen molar-refractivity contribution in [1.82, 2.24) is 5.32 Å². The van der Waals surface area contributed by atoms with Crippen molar-refractivity contribution in [2.45, 2.75) is 31.7 Å². The Hall–Kier alpha value is -2.19. The van der Waals surface area contributed by atoms with Crippen molar-refractivity contribution < 1.29 is 17.9 Å². The van der Waals surface area contributed by atoms with Crippen LogP contribution in [0.15, 0.2) is 53.4 Å². The number of hydrogen-bond donors (Lipinski definition) is 1. The van der Waals surface area contributed by atoms with Crippen LogP contribution >= 0.6 is 11.8 Å². The summed E-state index contributed by atoms with van der Waals surface area (Å²) in [7, 11) is -3.64. The molecule has 2 aromatic carbocycles. The number of carbonyl (C=O) groups is 1. The molecule has 0 saturated heterocycles. The summed E-state index contributed by atoms with van der Waals surface area (Å²) in [5.74, 6) is 1.01. The lowest BCUT2D eigenvalue weighted by molar-refractivity contribution is -0.121. The topological polar surface area (TPSA) is 75.7 Å². The summed E-state index contributed by atoms with van der Waals surface area (Å²) in [4.78, 5) is 13.7. The number of aryl methyl sites for hydroxylation is 1. The molecule has 0 spiro atoms. The number of amides is 1. The van der Waals surface area contributed by atoms with Gasteiger partial charge in [0.1, 0.15) is 11.8 Å². The summed E-state index contributed by atoms with van der Waals surface area (Å²) in [6, 6.07) is 14.0. The number of rotatable bonds is 10. The van der Waals surface area contributed by atoms with Gasteiger partial charge in [0.05, 0.1) is 18.6 Å². The number of nitrogens with zero attached hydrogens (tertiary/aromatic N) is 1. The molecule has 8 heteroatoms. The molecule has 0 bridgehead atoms. The van der Waals surface area contributed by atoms with Crippen LogP contribution in [0.2, 0.25) is 0 Å². The lowest BCUT2D eigenvalue weighted by Gasteiger charge is -2.28. The second-order valence-corrected chi connectivity index (χ2v) is 9.64. The van der Waals surface area contributed by atoms with Gasteiger partial charge < -0.3 is 10.1 Å². The van der Waals surface area contributed by atoms with E-state index in [-0.39, 0.29) is 5.91 Å². The van der Waals surface area contributed by atoms with E-state index in [1.165, 1.54) is 5.56 Å². The molecule has 1 unspecified atom stereocenters. The van der Waals surface area contributed by atoms with Crippen LogP contribution in [-0.2, 0) is 14.8 Å². The quantitative estimate of drug-likeness (QED) is 0.456. The van der Waals surface area contributed by atoms with Crippen molar-refractivity contribution in [3.8, 4) is 5.75 Å². The number of sulfonamides is 1. The van der Waals surface area contributed by atoms with Crippen LogP contribution in [0, 0.1) is 6.92 Å². The summed E-state index contributed by atoms with van der Waals surface area (Å²) in [6.45, 7) is 6.46. The summed E-state index contributed by atoms with van der Waals surface area (Å²) >= 11 is 1.64. The second-order valence-electron chi connectivity index (χ2n) is 6.61. The van der Waals surface area contributed by atoms with Crippen molar-refractivity contribution in [1.29, 1.82) is 0 Å². The van der Waals surface area contributed by atoms with Gasteiger partial charge in [0.2, 0.25) is 15.9 Å². The van der Waals surface area contributed by atoms with E-state index in [1.807, 2.05) is 38.1 Å². The van der Waals surface area contributed by atoms with Crippen LogP contribution < -0.4 is 14.4 Å². The summed E-state index contributed by atoms with van der Waals surface area (Å²) in [5.41, 5.74) is 1.62. The Kier molecular flexibility index (Phi) is 8.40. The molecule has 0 saturated carbocycles. The van der Waals surface area contributed by atoms with Gasteiger partial charge in [-0.25, -0.2) is 8.42 Å². The van der Waals surface area contributed by atoms with Crippen molar-refractivity contribution in [3.05, 3.63) is 54.1 Å². The molecule has 0 aliphatic rings. The SMILES string of the molecule is CCOc1ccc(N(C(C)C(=O)NCCSc2ccc(C)cc2)S(C)(=O)=O)cc1. The largest absolute Gasteiger partial charge is 0.494 e. The minimum Gasteiger partial charge on any atom is -0.494 e. The predicted octanol–water partition coefficient (Wildman–Crippen LogP) is 3.46. The molecule has 0 heterocycles. The first kappa shape index (κ1) is 23.1. The van der Waals surface area contributed by atoms with E-state index >= 15 is 0 Å². The van der Waals surface area contributed by atoms with E-state index in [2.05, 4.69) is 5.32 Å². The van der Waals surface area contributed by atoms with Gasteiger partial charge in [-0.15, -0.1) is 11.8 Å². The Balaban J connectivity index is 1.98. The highest BCUT2D eigenvalue weighted by Crippen LogP contribution is 2.24. The standard InChI is InChI=1S/C21H28N2O4S2/c1-5-27-19-10-8-18(9-11-19)23(29(4,25)26)17(3)21(24)22-14-15-28-20-12-6-16(2)7-13-20/h6-13,17H,5,14-15H2,1-4H3,(H,22,24). The van der Waals surface area contributed by atoms with Gasteiger partial charge >= 0.3 is 0 Å².